The number of aryl methyl sites for hydroxylation is 1. The van der Waals surface area contributed by atoms with Gasteiger partial charge >= 0.3 is 6.03 Å². The summed E-state index contributed by atoms with van der Waals surface area (Å²) in [5, 5.41) is 0. The number of rotatable bonds is 3. The number of likely N-dealkylation sites (N-methyl/N-ethyl adjacent to an activating group) is 2. The minimum Gasteiger partial charge on any atom is -0.494 e. The summed E-state index contributed by atoms with van der Waals surface area (Å²) in [5.41, 5.74) is 1.58. The Morgan fingerprint density at radius 2 is 1.68 bits per heavy atom. The van der Waals surface area contributed by atoms with Crippen molar-refractivity contribution in [2.75, 3.05) is 20.7 Å². The molecule has 0 N–H and O–H groups in total. The molecule has 2 rings (SSSR count). The molecule has 1 saturated heterocycles. The van der Waals surface area contributed by atoms with Crippen LogP contribution in [-0.4, -0.2) is 48.3 Å². The fraction of sp³-hybridized carbons (Fsp3) is 0.312. The van der Waals surface area contributed by atoms with E-state index in [1.54, 1.807) is 12.1 Å². The summed E-state index contributed by atoms with van der Waals surface area (Å²) in [6.07, 6.45) is 1.49. The second-order valence-corrected chi connectivity index (χ2v) is 5.03. The van der Waals surface area contributed by atoms with Crippen molar-refractivity contribution in [1.29, 1.82) is 0 Å². The molecule has 0 unspecified atom stereocenters. The number of nitrogens with zero attached hydrogens (tertiary/aromatic N) is 2. The highest BCUT2D eigenvalue weighted by molar-refractivity contribution is 6.30. The van der Waals surface area contributed by atoms with E-state index >= 15 is 0 Å². The predicted octanol–water partition coefficient (Wildman–Crippen LogP) is 1.83. The van der Waals surface area contributed by atoms with Gasteiger partial charge in [0.2, 0.25) is 0 Å². The van der Waals surface area contributed by atoms with Gasteiger partial charge in [-0.2, -0.15) is 0 Å². The maximum Gasteiger partial charge on any atom is 0.333 e. The molecule has 0 saturated carbocycles. The van der Waals surface area contributed by atoms with Crippen molar-refractivity contribution in [1.82, 2.24) is 9.80 Å². The van der Waals surface area contributed by atoms with E-state index in [4.69, 9.17) is 4.74 Å². The summed E-state index contributed by atoms with van der Waals surface area (Å²) in [5.74, 6) is -0.436. The Bertz CT molecular complexity index is 653. The van der Waals surface area contributed by atoms with Crippen LogP contribution in [0.4, 0.5) is 4.79 Å². The molecule has 0 spiro atoms. The number of amides is 4. The Labute approximate surface area is 129 Å². The van der Waals surface area contributed by atoms with Crippen LogP contribution in [0.1, 0.15) is 18.1 Å². The minimum absolute atomic E-state index is 0.0341. The van der Waals surface area contributed by atoms with E-state index < -0.39 is 17.8 Å². The second kappa shape index (κ2) is 6.01. The third-order valence-corrected chi connectivity index (χ3v) is 3.45. The number of carbonyl (C=O) groups excluding carboxylic acids is 3. The maximum atomic E-state index is 12.1. The fourth-order valence-electron chi connectivity index (χ4n) is 2.22. The standard InChI is InChI=1S/C16H18N2O4/c1-5-22-13-7-6-11(8-10(13)2)9-12-14(19)17(3)16(21)18(4)15(12)20/h6-9H,5H2,1-4H3. The number of urea groups is 1. The normalized spacial score (nSPS) is 15.5. The number of carbonyl (C=O) groups is 3. The molecule has 6 nitrogen and oxygen atoms in total. The Morgan fingerprint density at radius 3 is 2.18 bits per heavy atom. The van der Waals surface area contributed by atoms with Crippen molar-refractivity contribution < 1.29 is 19.1 Å². The highest BCUT2D eigenvalue weighted by atomic mass is 16.5. The lowest BCUT2D eigenvalue weighted by atomic mass is 10.0. The van der Waals surface area contributed by atoms with E-state index in [2.05, 4.69) is 0 Å². The first-order valence-corrected chi connectivity index (χ1v) is 6.92. The molecule has 0 bridgehead atoms. The van der Waals surface area contributed by atoms with E-state index in [0.717, 1.165) is 21.1 Å². The zero-order valence-electron chi connectivity index (χ0n) is 13.0. The average Bonchev–Trinajstić information content (AvgIpc) is 2.50. The van der Waals surface area contributed by atoms with Crippen LogP contribution in [0.15, 0.2) is 23.8 Å². The summed E-state index contributed by atoms with van der Waals surface area (Å²) >= 11 is 0. The van der Waals surface area contributed by atoms with Gasteiger partial charge in [-0.3, -0.25) is 19.4 Å². The van der Waals surface area contributed by atoms with E-state index in [1.807, 2.05) is 19.9 Å². The van der Waals surface area contributed by atoms with Crippen molar-refractivity contribution in [3.8, 4) is 5.75 Å². The van der Waals surface area contributed by atoms with Crippen LogP contribution in [0.5, 0.6) is 5.75 Å². The molecule has 6 heteroatoms. The SMILES string of the molecule is CCOc1ccc(C=C2C(=O)N(C)C(=O)N(C)C2=O)cc1C. The lowest BCUT2D eigenvalue weighted by Crippen LogP contribution is -2.52. The predicted molar refractivity (Wildman–Crippen MR) is 81.3 cm³/mol. The summed E-state index contributed by atoms with van der Waals surface area (Å²) in [4.78, 5) is 37.8. The van der Waals surface area contributed by atoms with Crippen LogP contribution in [0.3, 0.4) is 0 Å². The second-order valence-electron chi connectivity index (χ2n) is 5.03. The monoisotopic (exact) mass is 302 g/mol. The van der Waals surface area contributed by atoms with Gasteiger partial charge in [-0.1, -0.05) is 6.07 Å². The van der Waals surface area contributed by atoms with Gasteiger partial charge in [-0.15, -0.1) is 0 Å². The fourth-order valence-corrected chi connectivity index (χ4v) is 2.22. The summed E-state index contributed by atoms with van der Waals surface area (Å²) in [6.45, 7) is 4.35. The Morgan fingerprint density at radius 1 is 1.09 bits per heavy atom. The van der Waals surface area contributed by atoms with Crippen LogP contribution >= 0.6 is 0 Å². The van der Waals surface area contributed by atoms with Gasteiger partial charge in [0.1, 0.15) is 11.3 Å². The van der Waals surface area contributed by atoms with Crippen LogP contribution in [0.25, 0.3) is 6.08 Å². The number of hydrogen-bond donors (Lipinski definition) is 0. The number of hydrogen-bond acceptors (Lipinski definition) is 4. The molecule has 1 heterocycles. The molecule has 116 valence electrons. The summed E-state index contributed by atoms with van der Waals surface area (Å²) < 4.78 is 5.46. The van der Waals surface area contributed by atoms with Gasteiger partial charge in [0.05, 0.1) is 6.61 Å². The molecule has 1 fully saturated rings. The number of barbiturate groups is 1. The van der Waals surface area contributed by atoms with Crippen molar-refractivity contribution in [3.05, 3.63) is 34.9 Å². The highest BCUT2D eigenvalue weighted by Crippen LogP contribution is 2.22. The number of imide groups is 2. The smallest absolute Gasteiger partial charge is 0.333 e. The van der Waals surface area contributed by atoms with E-state index in [0.29, 0.717) is 12.2 Å². The molecular weight excluding hydrogens is 284 g/mol. The third-order valence-electron chi connectivity index (χ3n) is 3.45. The maximum absolute atomic E-state index is 12.1. The Hall–Kier alpha value is -2.63. The van der Waals surface area contributed by atoms with E-state index in [9.17, 15) is 14.4 Å². The molecule has 0 radical (unpaired) electrons. The number of benzene rings is 1. The Kier molecular flexibility index (Phi) is 4.30. The van der Waals surface area contributed by atoms with E-state index in [1.165, 1.54) is 20.2 Å². The molecule has 1 aliphatic heterocycles. The molecule has 1 aromatic carbocycles. The summed E-state index contributed by atoms with van der Waals surface area (Å²) in [7, 11) is 2.70. The highest BCUT2D eigenvalue weighted by Gasteiger charge is 2.37. The first-order chi connectivity index (χ1) is 10.4. The van der Waals surface area contributed by atoms with Gasteiger partial charge in [-0.25, -0.2) is 4.79 Å². The van der Waals surface area contributed by atoms with E-state index in [-0.39, 0.29) is 5.57 Å². The molecule has 0 atom stereocenters. The molecule has 0 aliphatic carbocycles. The molecular formula is C16H18N2O4. The Balaban J connectivity index is 2.39. The molecule has 1 aromatic rings. The topological polar surface area (TPSA) is 66.9 Å². The lowest BCUT2D eigenvalue weighted by molar-refractivity contribution is -0.134. The quantitative estimate of drug-likeness (QED) is 0.631. The van der Waals surface area contributed by atoms with Gasteiger partial charge in [0.25, 0.3) is 11.8 Å². The number of ether oxygens (including phenoxy) is 1. The average molecular weight is 302 g/mol. The van der Waals surface area contributed by atoms with Crippen LogP contribution in [0.2, 0.25) is 0 Å². The zero-order valence-corrected chi connectivity index (χ0v) is 13.0. The van der Waals surface area contributed by atoms with Gasteiger partial charge in [0, 0.05) is 14.1 Å². The molecule has 1 aliphatic rings. The lowest BCUT2D eigenvalue weighted by Gasteiger charge is -2.28. The third kappa shape index (κ3) is 2.72. The first kappa shape index (κ1) is 15.8. The van der Waals surface area contributed by atoms with Crippen molar-refractivity contribution in [2.45, 2.75) is 13.8 Å². The van der Waals surface area contributed by atoms with Gasteiger partial charge in [-0.05, 0) is 43.2 Å². The largest absolute Gasteiger partial charge is 0.494 e. The molecule has 22 heavy (non-hydrogen) atoms. The summed E-state index contributed by atoms with van der Waals surface area (Å²) in [6, 6.07) is 4.76. The first-order valence-electron chi connectivity index (χ1n) is 6.92. The van der Waals surface area contributed by atoms with Crippen LogP contribution in [-0.2, 0) is 9.59 Å². The molecule has 0 aromatic heterocycles. The van der Waals surface area contributed by atoms with Crippen LogP contribution in [0, 0.1) is 6.92 Å². The molecule has 4 amide bonds. The van der Waals surface area contributed by atoms with Gasteiger partial charge < -0.3 is 4.74 Å². The zero-order chi connectivity index (χ0) is 16.4. The van der Waals surface area contributed by atoms with Gasteiger partial charge in [0.15, 0.2) is 0 Å². The van der Waals surface area contributed by atoms with Crippen LogP contribution < -0.4 is 4.74 Å². The van der Waals surface area contributed by atoms with Crippen molar-refractivity contribution in [2.24, 2.45) is 0 Å². The minimum atomic E-state index is -0.630. The van der Waals surface area contributed by atoms with Crippen molar-refractivity contribution in [3.63, 3.8) is 0 Å². The van der Waals surface area contributed by atoms with Crippen molar-refractivity contribution >= 4 is 23.9 Å².